The lowest BCUT2D eigenvalue weighted by Crippen LogP contribution is -2.43. The third-order valence-electron chi connectivity index (χ3n) is 6.01. The van der Waals surface area contributed by atoms with Gasteiger partial charge < -0.3 is 15.5 Å². The van der Waals surface area contributed by atoms with Crippen LogP contribution in [0.25, 0.3) is 0 Å². The van der Waals surface area contributed by atoms with Crippen molar-refractivity contribution in [1.29, 1.82) is 0 Å². The van der Waals surface area contributed by atoms with E-state index in [2.05, 4.69) is 10.6 Å². The van der Waals surface area contributed by atoms with Crippen LogP contribution in [0.4, 0.5) is 5.69 Å². The molecule has 2 saturated heterocycles. The molecule has 3 aliphatic rings. The predicted molar refractivity (Wildman–Crippen MR) is 99.8 cm³/mol. The van der Waals surface area contributed by atoms with Crippen LogP contribution in [0, 0.1) is 11.3 Å². The number of nitrogens with one attached hydrogen (secondary N) is 2. The van der Waals surface area contributed by atoms with E-state index in [-0.39, 0.29) is 47.6 Å². The molecule has 25 heavy (non-hydrogen) atoms. The van der Waals surface area contributed by atoms with Crippen molar-refractivity contribution in [1.82, 2.24) is 10.6 Å². The summed E-state index contributed by atoms with van der Waals surface area (Å²) in [4.78, 5) is 27.2. The van der Waals surface area contributed by atoms with Gasteiger partial charge in [-0.3, -0.25) is 9.59 Å². The minimum absolute atomic E-state index is 0. The van der Waals surface area contributed by atoms with E-state index in [1.165, 1.54) is 0 Å². The molecule has 136 valence electrons. The van der Waals surface area contributed by atoms with Crippen LogP contribution >= 0.6 is 12.4 Å². The Balaban J connectivity index is 0.00000182. The molecule has 1 aromatic carbocycles. The highest BCUT2D eigenvalue weighted by Gasteiger charge is 2.58. The zero-order chi connectivity index (χ0) is 16.7. The number of rotatable bonds is 3. The van der Waals surface area contributed by atoms with E-state index in [9.17, 15) is 9.59 Å². The molecule has 0 bridgehead atoms. The van der Waals surface area contributed by atoms with Crippen molar-refractivity contribution in [2.75, 3.05) is 18.0 Å². The molecule has 5 nitrogen and oxygen atoms in total. The standard InChI is InChI=1S/C19H25N3O2.ClH/c1-13-11-16(18(24)22(13)14-5-3-2-4-6-14)21-17(23)15-12-19(15)7-9-20-10-8-19;/h2-6,13,15-16,20H,7-12H2,1H3,(H,21,23);1H. The minimum Gasteiger partial charge on any atom is -0.344 e. The van der Waals surface area contributed by atoms with Crippen molar-refractivity contribution in [2.24, 2.45) is 11.3 Å². The number of anilines is 1. The number of piperidine rings is 1. The van der Waals surface area contributed by atoms with Crippen molar-refractivity contribution in [3.8, 4) is 0 Å². The molecular weight excluding hydrogens is 338 g/mol. The summed E-state index contributed by atoms with van der Waals surface area (Å²) in [6, 6.07) is 9.44. The molecule has 2 heterocycles. The zero-order valence-electron chi connectivity index (χ0n) is 14.5. The van der Waals surface area contributed by atoms with Crippen LogP contribution in [-0.4, -0.2) is 37.0 Å². The molecule has 1 saturated carbocycles. The first-order valence-electron chi connectivity index (χ1n) is 9.00. The fraction of sp³-hybridized carbons (Fsp3) is 0.579. The molecule has 3 unspecified atom stereocenters. The van der Waals surface area contributed by atoms with Crippen LogP contribution in [0.3, 0.4) is 0 Å². The lowest BCUT2D eigenvalue weighted by atomic mass is 9.91. The average molecular weight is 364 g/mol. The van der Waals surface area contributed by atoms with E-state index in [1.54, 1.807) is 0 Å². The summed E-state index contributed by atoms with van der Waals surface area (Å²) in [7, 11) is 0. The summed E-state index contributed by atoms with van der Waals surface area (Å²) in [5, 5.41) is 6.40. The second-order valence-corrected chi connectivity index (χ2v) is 7.56. The molecule has 2 aliphatic heterocycles. The Morgan fingerprint density at radius 1 is 1.24 bits per heavy atom. The quantitative estimate of drug-likeness (QED) is 0.864. The van der Waals surface area contributed by atoms with Gasteiger partial charge in [-0.15, -0.1) is 12.4 Å². The number of carbonyl (C=O) groups is 2. The molecule has 6 heteroatoms. The average Bonchev–Trinajstić information content (AvgIpc) is 3.21. The Kier molecular flexibility index (Phi) is 5.07. The van der Waals surface area contributed by atoms with E-state index in [1.807, 2.05) is 42.2 Å². The highest BCUT2D eigenvalue weighted by atomic mass is 35.5. The van der Waals surface area contributed by atoms with Gasteiger partial charge in [-0.05, 0) is 63.2 Å². The number of amides is 2. The van der Waals surface area contributed by atoms with Gasteiger partial charge in [0.15, 0.2) is 0 Å². The number of halogens is 1. The summed E-state index contributed by atoms with van der Waals surface area (Å²) < 4.78 is 0. The van der Waals surface area contributed by atoms with Gasteiger partial charge in [-0.1, -0.05) is 18.2 Å². The van der Waals surface area contributed by atoms with E-state index in [0.717, 1.165) is 38.0 Å². The van der Waals surface area contributed by atoms with Crippen molar-refractivity contribution in [3.63, 3.8) is 0 Å². The van der Waals surface area contributed by atoms with Crippen molar-refractivity contribution >= 4 is 29.9 Å². The maximum atomic E-state index is 12.8. The van der Waals surface area contributed by atoms with Gasteiger partial charge in [0, 0.05) is 17.6 Å². The molecule has 3 atom stereocenters. The van der Waals surface area contributed by atoms with Crippen LogP contribution in [0.5, 0.6) is 0 Å². The number of nitrogens with zero attached hydrogens (tertiary/aromatic N) is 1. The van der Waals surface area contributed by atoms with Crippen LogP contribution < -0.4 is 15.5 Å². The second-order valence-electron chi connectivity index (χ2n) is 7.56. The van der Waals surface area contributed by atoms with Crippen LogP contribution in [0.1, 0.15) is 32.6 Å². The van der Waals surface area contributed by atoms with Gasteiger partial charge in [0.05, 0.1) is 0 Å². The molecule has 2 amide bonds. The fourth-order valence-electron chi connectivity index (χ4n) is 4.49. The van der Waals surface area contributed by atoms with Gasteiger partial charge >= 0.3 is 0 Å². The lowest BCUT2D eigenvalue weighted by molar-refractivity contribution is -0.128. The highest BCUT2D eigenvalue weighted by Crippen LogP contribution is 2.58. The van der Waals surface area contributed by atoms with Crippen molar-refractivity contribution in [3.05, 3.63) is 30.3 Å². The van der Waals surface area contributed by atoms with Crippen molar-refractivity contribution < 1.29 is 9.59 Å². The summed E-state index contributed by atoms with van der Waals surface area (Å²) >= 11 is 0. The lowest BCUT2D eigenvalue weighted by Gasteiger charge is -2.23. The van der Waals surface area contributed by atoms with Crippen LogP contribution in [-0.2, 0) is 9.59 Å². The first-order chi connectivity index (χ1) is 11.6. The third-order valence-corrected chi connectivity index (χ3v) is 6.01. The molecule has 4 rings (SSSR count). The molecule has 3 fully saturated rings. The summed E-state index contributed by atoms with van der Waals surface area (Å²) in [6.07, 6.45) is 3.83. The van der Waals surface area contributed by atoms with Gasteiger partial charge in [0.25, 0.3) is 0 Å². The Morgan fingerprint density at radius 2 is 1.92 bits per heavy atom. The number of hydrogen-bond donors (Lipinski definition) is 2. The molecule has 0 radical (unpaired) electrons. The predicted octanol–water partition coefficient (Wildman–Crippen LogP) is 2.11. The van der Waals surface area contributed by atoms with Crippen LogP contribution in [0.15, 0.2) is 30.3 Å². The molecular formula is C19H26ClN3O2. The molecule has 0 aromatic heterocycles. The van der Waals surface area contributed by atoms with E-state index in [4.69, 9.17) is 0 Å². The Labute approximate surface area is 154 Å². The summed E-state index contributed by atoms with van der Waals surface area (Å²) in [6.45, 7) is 4.05. The SMILES string of the molecule is CC1CC(NC(=O)C2CC23CCNCC3)C(=O)N1c1ccccc1.Cl. The van der Waals surface area contributed by atoms with Gasteiger partial charge in [0.1, 0.15) is 6.04 Å². The van der Waals surface area contributed by atoms with Gasteiger partial charge in [-0.2, -0.15) is 0 Å². The van der Waals surface area contributed by atoms with Crippen molar-refractivity contribution in [2.45, 2.75) is 44.7 Å². The van der Waals surface area contributed by atoms with E-state index < -0.39 is 0 Å². The Hall–Kier alpha value is -1.59. The monoisotopic (exact) mass is 363 g/mol. The maximum absolute atomic E-state index is 12.8. The largest absolute Gasteiger partial charge is 0.344 e. The first-order valence-corrected chi connectivity index (χ1v) is 9.00. The minimum atomic E-state index is -0.382. The number of hydrogen-bond acceptors (Lipinski definition) is 3. The third kappa shape index (κ3) is 3.27. The Bertz CT molecular complexity index is 645. The topological polar surface area (TPSA) is 61.4 Å². The zero-order valence-corrected chi connectivity index (χ0v) is 15.3. The summed E-state index contributed by atoms with van der Waals surface area (Å²) in [5.41, 5.74) is 1.12. The molecule has 1 spiro atoms. The number of benzene rings is 1. The van der Waals surface area contributed by atoms with Gasteiger partial charge in [0.2, 0.25) is 11.8 Å². The second kappa shape index (κ2) is 6.96. The number of carbonyl (C=O) groups excluding carboxylic acids is 2. The Morgan fingerprint density at radius 3 is 2.60 bits per heavy atom. The van der Waals surface area contributed by atoms with Crippen LogP contribution in [0.2, 0.25) is 0 Å². The molecule has 2 N–H and O–H groups in total. The number of para-hydroxylation sites is 1. The fourth-order valence-corrected chi connectivity index (χ4v) is 4.49. The highest BCUT2D eigenvalue weighted by molar-refractivity contribution is 6.02. The maximum Gasteiger partial charge on any atom is 0.249 e. The summed E-state index contributed by atoms with van der Waals surface area (Å²) in [5.74, 6) is 0.202. The first kappa shape index (κ1) is 18.2. The normalized spacial score (nSPS) is 30.0. The van der Waals surface area contributed by atoms with E-state index in [0.29, 0.717) is 6.42 Å². The van der Waals surface area contributed by atoms with Gasteiger partial charge in [-0.25, -0.2) is 0 Å². The smallest absolute Gasteiger partial charge is 0.249 e. The van der Waals surface area contributed by atoms with E-state index >= 15 is 0 Å². The molecule has 1 aromatic rings. The molecule has 1 aliphatic carbocycles.